The number of pyridine rings is 2. The van der Waals surface area contributed by atoms with Crippen LogP contribution in [0.2, 0.25) is 5.02 Å². The molecule has 2 heterocycles. The normalized spacial score (nSPS) is 10.8. The Balaban J connectivity index is 2.10. The predicted molar refractivity (Wildman–Crippen MR) is 96.9 cm³/mol. The zero-order chi connectivity index (χ0) is 16.9. The summed E-state index contributed by atoms with van der Waals surface area (Å²) in [7, 11) is 0. The predicted octanol–water partition coefficient (Wildman–Crippen LogP) is 3.90. The maximum Gasteiger partial charge on any atom is 0.106 e. The van der Waals surface area contributed by atoms with Crippen molar-refractivity contribution in [3.63, 3.8) is 0 Å². The summed E-state index contributed by atoms with van der Waals surface area (Å²) in [5.74, 6) is 0. The van der Waals surface area contributed by atoms with Gasteiger partial charge in [0.15, 0.2) is 0 Å². The van der Waals surface area contributed by atoms with Gasteiger partial charge in [-0.15, -0.1) is 0 Å². The van der Waals surface area contributed by atoms with Crippen molar-refractivity contribution in [3.05, 3.63) is 71.1 Å². The zero-order valence-electron chi connectivity index (χ0n) is 12.8. The van der Waals surface area contributed by atoms with E-state index in [2.05, 4.69) is 9.97 Å². The van der Waals surface area contributed by atoms with Gasteiger partial charge < -0.3 is 10.8 Å². The third-order valence-corrected chi connectivity index (χ3v) is 5.29. The SMILES string of the molecule is NCc1c(-c2ccncc2)ccc(Cl)c1Sc1ncccc1CO. The van der Waals surface area contributed by atoms with Crippen LogP contribution in [0, 0.1) is 0 Å². The average Bonchev–Trinajstić information content (AvgIpc) is 2.64. The third kappa shape index (κ3) is 3.44. The molecule has 0 bridgehead atoms. The van der Waals surface area contributed by atoms with Crippen LogP contribution in [-0.4, -0.2) is 15.1 Å². The summed E-state index contributed by atoms with van der Waals surface area (Å²) in [5.41, 5.74) is 9.79. The molecule has 0 radical (unpaired) electrons. The second-order valence-electron chi connectivity index (χ2n) is 5.07. The van der Waals surface area contributed by atoms with Crippen LogP contribution < -0.4 is 5.73 Å². The maximum atomic E-state index is 9.51. The smallest absolute Gasteiger partial charge is 0.106 e. The van der Waals surface area contributed by atoms with E-state index < -0.39 is 0 Å². The Hall–Kier alpha value is -1.92. The number of halogens is 1. The number of nitrogens with zero attached hydrogens (tertiary/aromatic N) is 2. The average molecular weight is 358 g/mol. The molecule has 0 spiro atoms. The molecular weight excluding hydrogens is 342 g/mol. The highest BCUT2D eigenvalue weighted by Crippen LogP contribution is 2.40. The number of aromatic nitrogens is 2. The van der Waals surface area contributed by atoms with E-state index in [1.54, 1.807) is 24.7 Å². The molecule has 0 saturated heterocycles. The molecule has 0 atom stereocenters. The number of hydrogen-bond acceptors (Lipinski definition) is 5. The first kappa shape index (κ1) is 16.9. The lowest BCUT2D eigenvalue weighted by Crippen LogP contribution is -2.02. The van der Waals surface area contributed by atoms with Crippen LogP contribution in [0.4, 0.5) is 0 Å². The van der Waals surface area contributed by atoms with Gasteiger partial charge in [0.1, 0.15) is 5.03 Å². The lowest BCUT2D eigenvalue weighted by molar-refractivity contribution is 0.278. The molecule has 0 amide bonds. The van der Waals surface area contributed by atoms with Crippen molar-refractivity contribution in [1.82, 2.24) is 9.97 Å². The summed E-state index contributed by atoms with van der Waals surface area (Å²) in [5, 5.41) is 10.9. The fraction of sp³-hybridized carbons (Fsp3) is 0.111. The number of aliphatic hydroxyl groups excluding tert-OH is 1. The summed E-state index contributed by atoms with van der Waals surface area (Å²) < 4.78 is 0. The van der Waals surface area contributed by atoms with Gasteiger partial charge in [0.25, 0.3) is 0 Å². The first-order valence-electron chi connectivity index (χ1n) is 7.39. The Bertz CT molecular complexity index is 843. The lowest BCUT2D eigenvalue weighted by Gasteiger charge is -2.15. The molecule has 0 aliphatic rings. The summed E-state index contributed by atoms with van der Waals surface area (Å²) in [4.78, 5) is 9.28. The molecule has 6 heteroatoms. The number of benzene rings is 1. The highest BCUT2D eigenvalue weighted by molar-refractivity contribution is 7.99. The van der Waals surface area contributed by atoms with Gasteiger partial charge in [0.2, 0.25) is 0 Å². The molecule has 0 unspecified atom stereocenters. The Kier molecular flexibility index (Phi) is 5.48. The Morgan fingerprint density at radius 1 is 1.08 bits per heavy atom. The van der Waals surface area contributed by atoms with Crippen LogP contribution in [0.3, 0.4) is 0 Å². The van der Waals surface area contributed by atoms with E-state index in [1.807, 2.05) is 30.3 Å². The monoisotopic (exact) mass is 357 g/mol. The lowest BCUT2D eigenvalue weighted by atomic mass is 10.0. The molecular formula is C18H16ClN3OS. The molecule has 2 aromatic heterocycles. The second kappa shape index (κ2) is 7.77. The molecule has 3 aromatic rings. The maximum absolute atomic E-state index is 9.51. The minimum absolute atomic E-state index is 0.0736. The van der Waals surface area contributed by atoms with Gasteiger partial charge in [0, 0.05) is 35.6 Å². The van der Waals surface area contributed by atoms with Crippen LogP contribution in [0.5, 0.6) is 0 Å². The van der Waals surface area contributed by atoms with E-state index in [0.29, 0.717) is 11.6 Å². The molecule has 0 aliphatic heterocycles. The van der Waals surface area contributed by atoms with Crippen molar-refractivity contribution in [3.8, 4) is 11.1 Å². The van der Waals surface area contributed by atoms with Gasteiger partial charge in [-0.3, -0.25) is 4.98 Å². The van der Waals surface area contributed by atoms with E-state index in [1.165, 1.54) is 11.8 Å². The van der Waals surface area contributed by atoms with E-state index in [4.69, 9.17) is 17.3 Å². The van der Waals surface area contributed by atoms with Crippen molar-refractivity contribution >= 4 is 23.4 Å². The summed E-state index contributed by atoms with van der Waals surface area (Å²) in [6, 6.07) is 11.4. The number of aliphatic hydroxyl groups is 1. The fourth-order valence-electron chi connectivity index (χ4n) is 2.45. The summed E-state index contributed by atoms with van der Waals surface area (Å²) in [6.07, 6.45) is 5.20. The Labute approximate surface area is 149 Å². The van der Waals surface area contributed by atoms with Gasteiger partial charge in [-0.1, -0.05) is 35.5 Å². The molecule has 122 valence electrons. The first-order chi connectivity index (χ1) is 11.7. The van der Waals surface area contributed by atoms with Crippen LogP contribution in [0.1, 0.15) is 11.1 Å². The number of hydrogen-bond donors (Lipinski definition) is 2. The first-order valence-corrected chi connectivity index (χ1v) is 8.58. The van der Waals surface area contributed by atoms with E-state index in [0.717, 1.165) is 32.2 Å². The minimum Gasteiger partial charge on any atom is -0.392 e. The van der Waals surface area contributed by atoms with Gasteiger partial charge in [-0.25, -0.2) is 4.98 Å². The van der Waals surface area contributed by atoms with Crippen LogP contribution in [-0.2, 0) is 13.2 Å². The van der Waals surface area contributed by atoms with Crippen molar-refractivity contribution in [2.24, 2.45) is 5.73 Å². The molecule has 0 saturated carbocycles. The zero-order valence-corrected chi connectivity index (χ0v) is 14.4. The summed E-state index contributed by atoms with van der Waals surface area (Å²) >= 11 is 7.86. The topological polar surface area (TPSA) is 72.0 Å². The van der Waals surface area contributed by atoms with Gasteiger partial charge >= 0.3 is 0 Å². The quantitative estimate of drug-likeness (QED) is 0.724. The van der Waals surface area contributed by atoms with Crippen LogP contribution in [0.15, 0.2) is 64.9 Å². The van der Waals surface area contributed by atoms with E-state index in [9.17, 15) is 5.11 Å². The largest absolute Gasteiger partial charge is 0.392 e. The number of rotatable bonds is 5. The van der Waals surface area contributed by atoms with E-state index >= 15 is 0 Å². The van der Waals surface area contributed by atoms with Crippen LogP contribution in [0.25, 0.3) is 11.1 Å². The fourth-order valence-corrected chi connectivity index (χ4v) is 3.79. The van der Waals surface area contributed by atoms with Gasteiger partial charge in [-0.05, 0) is 41.0 Å². The van der Waals surface area contributed by atoms with Gasteiger partial charge in [0.05, 0.1) is 11.6 Å². The second-order valence-corrected chi connectivity index (χ2v) is 6.48. The molecule has 0 fully saturated rings. The minimum atomic E-state index is -0.0736. The van der Waals surface area contributed by atoms with Crippen molar-refractivity contribution < 1.29 is 5.11 Å². The Morgan fingerprint density at radius 3 is 2.58 bits per heavy atom. The van der Waals surface area contributed by atoms with E-state index in [-0.39, 0.29) is 6.61 Å². The standard InChI is InChI=1S/C18H16ClN3OS/c19-16-4-3-14(12-5-8-21-9-6-12)15(10-20)17(16)24-18-13(11-23)2-1-7-22-18/h1-9,23H,10-11,20H2. The molecule has 4 nitrogen and oxygen atoms in total. The van der Waals surface area contributed by atoms with Crippen molar-refractivity contribution in [2.45, 2.75) is 23.1 Å². The number of nitrogens with two attached hydrogens (primary N) is 1. The molecule has 3 N–H and O–H groups in total. The Morgan fingerprint density at radius 2 is 1.88 bits per heavy atom. The van der Waals surface area contributed by atoms with Crippen molar-refractivity contribution in [1.29, 1.82) is 0 Å². The molecule has 3 rings (SSSR count). The molecule has 0 aliphatic carbocycles. The molecule has 1 aromatic carbocycles. The van der Waals surface area contributed by atoms with Crippen molar-refractivity contribution in [2.75, 3.05) is 0 Å². The molecule has 24 heavy (non-hydrogen) atoms. The third-order valence-electron chi connectivity index (χ3n) is 3.63. The van der Waals surface area contributed by atoms with Crippen LogP contribution >= 0.6 is 23.4 Å². The highest BCUT2D eigenvalue weighted by Gasteiger charge is 2.16. The highest BCUT2D eigenvalue weighted by atomic mass is 35.5. The van der Waals surface area contributed by atoms with Gasteiger partial charge in [-0.2, -0.15) is 0 Å². The summed E-state index contributed by atoms with van der Waals surface area (Å²) in [6.45, 7) is 0.275.